The molecule has 2 aliphatic rings. The maximum atomic E-state index is 12.5. The number of hydrogen-bond donors (Lipinski definition) is 1. The van der Waals surface area contributed by atoms with E-state index in [2.05, 4.69) is 37.9 Å². The second-order valence-corrected chi connectivity index (χ2v) is 7.69. The molecule has 19 heavy (non-hydrogen) atoms. The van der Waals surface area contributed by atoms with E-state index in [9.17, 15) is 4.79 Å². The van der Waals surface area contributed by atoms with Crippen LogP contribution < -0.4 is 5.32 Å². The Kier molecular flexibility index (Phi) is 4.24. The SMILES string of the molecule is CC(C)CC1NC(C)C(=O)N1C1CCCC(C)(C)C1. The molecule has 1 N–H and O–H groups in total. The van der Waals surface area contributed by atoms with Crippen molar-refractivity contribution >= 4 is 5.91 Å². The molecule has 1 aliphatic carbocycles. The number of nitrogens with zero attached hydrogens (tertiary/aromatic N) is 1. The van der Waals surface area contributed by atoms with E-state index in [0.717, 1.165) is 12.8 Å². The minimum Gasteiger partial charge on any atom is -0.323 e. The Labute approximate surface area is 118 Å². The van der Waals surface area contributed by atoms with E-state index < -0.39 is 0 Å². The van der Waals surface area contributed by atoms with E-state index in [1.165, 1.54) is 19.3 Å². The van der Waals surface area contributed by atoms with Gasteiger partial charge in [-0.25, -0.2) is 0 Å². The molecule has 0 aromatic carbocycles. The van der Waals surface area contributed by atoms with Crippen LogP contribution in [0, 0.1) is 11.3 Å². The first kappa shape index (κ1) is 14.8. The molecule has 3 atom stereocenters. The van der Waals surface area contributed by atoms with Crippen LogP contribution in [-0.2, 0) is 4.79 Å². The number of carbonyl (C=O) groups excluding carboxylic acids is 1. The molecule has 3 nitrogen and oxygen atoms in total. The minimum absolute atomic E-state index is 0.00575. The molecule has 2 rings (SSSR count). The first-order valence-electron chi connectivity index (χ1n) is 7.88. The Morgan fingerprint density at radius 3 is 2.68 bits per heavy atom. The van der Waals surface area contributed by atoms with Crippen LogP contribution in [0.2, 0.25) is 0 Å². The molecule has 0 bridgehead atoms. The standard InChI is InChI=1S/C16H30N2O/c1-11(2)9-14-17-12(3)15(19)18(14)13-7-6-8-16(4,5)10-13/h11-14,17H,6-10H2,1-5H3. The van der Waals surface area contributed by atoms with Crippen LogP contribution >= 0.6 is 0 Å². The highest BCUT2D eigenvalue weighted by molar-refractivity contribution is 5.84. The molecule has 0 aromatic rings. The fourth-order valence-corrected chi connectivity index (χ4v) is 3.78. The molecule has 0 aromatic heterocycles. The van der Waals surface area contributed by atoms with Crippen molar-refractivity contribution in [3.05, 3.63) is 0 Å². The van der Waals surface area contributed by atoms with Crippen LogP contribution in [0.1, 0.15) is 66.7 Å². The predicted molar refractivity (Wildman–Crippen MR) is 78.7 cm³/mol. The molecule has 1 aliphatic heterocycles. The van der Waals surface area contributed by atoms with Gasteiger partial charge in [0.1, 0.15) is 0 Å². The lowest BCUT2D eigenvalue weighted by molar-refractivity contribution is -0.133. The van der Waals surface area contributed by atoms with Gasteiger partial charge in [0.25, 0.3) is 0 Å². The predicted octanol–water partition coefficient (Wildman–Crippen LogP) is 3.15. The van der Waals surface area contributed by atoms with E-state index in [1.807, 2.05) is 6.92 Å². The first-order chi connectivity index (χ1) is 8.80. The van der Waals surface area contributed by atoms with Gasteiger partial charge in [0, 0.05) is 6.04 Å². The maximum Gasteiger partial charge on any atom is 0.240 e. The van der Waals surface area contributed by atoms with Gasteiger partial charge in [-0.1, -0.05) is 34.1 Å². The zero-order valence-electron chi connectivity index (χ0n) is 13.2. The molecule has 0 radical (unpaired) electrons. The third-order valence-electron chi connectivity index (χ3n) is 4.67. The lowest BCUT2D eigenvalue weighted by Crippen LogP contribution is -2.48. The van der Waals surface area contributed by atoms with Crippen molar-refractivity contribution in [3.63, 3.8) is 0 Å². The molecular weight excluding hydrogens is 236 g/mol. The number of hydrogen-bond acceptors (Lipinski definition) is 2. The highest BCUT2D eigenvalue weighted by Crippen LogP contribution is 2.39. The number of nitrogens with one attached hydrogen (secondary N) is 1. The summed E-state index contributed by atoms with van der Waals surface area (Å²) in [4.78, 5) is 14.7. The van der Waals surface area contributed by atoms with Crippen LogP contribution in [-0.4, -0.2) is 29.1 Å². The lowest BCUT2D eigenvalue weighted by Gasteiger charge is -2.42. The van der Waals surface area contributed by atoms with Gasteiger partial charge in [-0.05, 0) is 43.9 Å². The summed E-state index contributed by atoms with van der Waals surface area (Å²) in [6.07, 6.45) is 6.20. The van der Waals surface area contributed by atoms with Crippen LogP contribution in [0.5, 0.6) is 0 Å². The topological polar surface area (TPSA) is 32.3 Å². The summed E-state index contributed by atoms with van der Waals surface area (Å²) in [5, 5.41) is 3.49. The second kappa shape index (κ2) is 5.43. The molecule has 1 saturated heterocycles. The largest absolute Gasteiger partial charge is 0.323 e. The summed E-state index contributed by atoms with van der Waals surface area (Å²) < 4.78 is 0. The van der Waals surface area contributed by atoms with Crippen molar-refractivity contribution in [2.45, 2.75) is 85.0 Å². The summed E-state index contributed by atoms with van der Waals surface area (Å²) in [5.41, 5.74) is 0.386. The van der Waals surface area contributed by atoms with Crippen molar-refractivity contribution in [2.24, 2.45) is 11.3 Å². The summed E-state index contributed by atoms with van der Waals surface area (Å²) in [7, 11) is 0. The first-order valence-corrected chi connectivity index (χ1v) is 7.88. The van der Waals surface area contributed by atoms with E-state index in [1.54, 1.807) is 0 Å². The fraction of sp³-hybridized carbons (Fsp3) is 0.938. The Balaban J connectivity index is 2.12. The molecule has 1 saturated carbocycles. The second-order valence-electron chi connectivity index (χ2n) is 7.69. The van der Waals surface area contributed by atoms with Crippen molar-refractivity contribution in [1.82, 2.24) is 10.2 Å². The summed E-state index contributed by atoms with van der Waals surface area (Å²) in [5.74, 6) is 0.933. The minimum atomic E-state index is -0.00575. The molecule has 0 spiro atoms. The molecule has 3 unspecified atom stereocenters. The maximum absolute atomic E-state index is 12.5. The van der Waals surface area contributed by atoms with Gasteiger partial charge in [-0.3, -0.25) is 10.1 Å². The van der Waals surface area contributed by atoms with Gasteiger partial charge < -0.3 is 4.90 Å². The summed E-state index contributed by atoms with van der Waals surface area (Å²) >= 11 is 0. The smallest absolute Gasteiger partial charge is 0.240 e. The van der Waals surface area contributed by atoms with E-state index in [0.29, 0.717) is 23.3 Å². The molecule has 2 fully saturated rings. The quantitative estimate of drug-likeness (QED) is 0.851. The third kappa shape index (κ3) is 3.31. The average Bonchev–Trinajstić information content (AvgIpc) is 2.52. The molecule has 110 valence electrons. The van der Waals surface area contributed by atoms with Gasteiger partial charge in [-0.15, -0.1) is 0 Å². The number of amides is 1. The Morgan fingerprint density at radius 1 is 1.42 bits per heavy atom. The summed E-state index contributed by atoms with van der Waals surface area (Å²) in [6, 6.07) is 0.436. The zero-order valence-corrected chi connectivity index (χ0v) is 13.2. The average molecular weight is 266 g/mol. The van der Waals surface area contributed by atoms with Crippen molar-refractivity contribution < 1.29 is 4.79 Å². The van der Waals surface area contributed by atoms with Gasteiger partial charge in [0.2, 0.25) is 5.91 Å². The molecular formula is C16H30N2O. The lowest BCUT2D eigenvalue weighted by atomic mass is 9.74. The monoisotopic (exact) mass is 266 g/mol. The Morgan fingerprint density at radius 2 is 2.11 bits per heavy atom. The number of carbonyl (C=O) groups is 1. The van der Waals surface area contributed by atoms with Crippen LogP contribution in [0.3, 0.4) is 0 Å². The van der Waals surface area contributed by atoms with Gasteiger partial charge in [0.05, 0.1) is 12.2 Å². The Hall–Kier alpha value is -0.570. The van der Waals surface area contributed by atoms with E-state index in [4.69, 9.17) is 0 Å². The van der Waals surface area contributed by atoms with Gasteiger partial charge >= 0.3 is 0 Å². The molecule has 1 heterocycles. The van der Waals surface area contributed by atoms with Gasteiger partial charge in [-0.2, -0.15) is 0 Å². The summed E-state index contributed by atoms with van der Waals surface area (Å²) in [6.45, 7) is 11.2. The highest BCUT2D eigenvalue weighted by atomic mass is 16.2. The highest BCUT2D eigenvalue weighted by Gasteiger charge is 2.43. The molecule has 3 heteroatoms. The van der Waals surface area contributed by atoms with Crippen LogP contribution in [0.15, 0.2) is 0 Å². The van der Waals surface area contributed by atoms with E-state index in [-0.39, 0.29) is 12.2 Å². The fourth-order valence-electron chi connectivity index (χ4n) is 3.78. The van der Waals surface area contributed by atoms with Crippen molar-refractivity contribution in [2.75, 3.05) is 0 Å². The van der Waals surface area contributed by atoms with Crippen molar-refractivity contribution in [1.29, 1.82) is 0 Å². The zero-order chi connectivity index (χ0) is 14.2. The third-order valence-corrected chi connectivity index (χ3v) is 4.67. The van der Waals surface area contributed by atoms with Crippen molar-refractivity contribution in [3.8, 4) is 0 Å². The van der Waals surface area contributed by atoms with Crippen LogP contribution in [0.4, 0.5) is 0 Å². The Bertz CT molecular complexity index is 338. The normalized spacial score (nSPS) is 35.2. The number of rotatable bonds is 3. The van der Waals surface area contributed by atoms with Crippen LogP contribution in [0.25, 0.3) is 0 Å². The van der Waals surface area contributed by atoms with E-state index >= 15 is 0 Å². The van der Waals surface area contributed by atoms with Gasteiger partial charge in [0.15, 0.2) is 0 Å². The molecule has 1 amide bonds.